The SMILES string of the molecule is CC1(C)CC(=O)C(C=NC(C)(C)C)C(=O)C1. The van der Waals surface area contributed by atoms with Crippen LogP contribution in [0.2, 0.25) is 0 Å². The molecule has 0 radical (unpaired) electrons. The Bertz CT molecular complexity index is 314. The summed E-state index contributed by atoms with van der Waals surface area (Å²) in [6.07, 6.45) is 2.49. The van der Waals surface area contributed by atoms with Crippen molar-refractivity contribution in [3.8, 4) is 0 Å². The Kier molecular flexibility index (Phi) is 3.36. The quantitative estimate of drug-likeness (QED) is 0.506. The highest BCUT2D eigenvalue weighted by atomic mass is 16.2. The summed E-state index contributed by atoms with van der Waals surface area (Å²) in [6.45, 7) is 9.77. The van der Waals surface area contributed by atoms with Crippen LogP contribution in [0.4, 0.5) is 0 Å². The molecule has 1 fully saturated rings. The summed E-state index contributed by atoms with van der Waals surface area (Å²) in [7, 11) is 0. The van der Waals surface area contributed by atoms with Crippen molar-refractivity contribution in [1.29, 1.82) is 0 Å². The summed E-state index contributed by atoms with van der Waals surface area (Å²) in [5.41, 5.74) is -0.409. The van der Waals surface area contributed by atoms with Gasteiger partial charge in [-0.05, 0) is 26.2 Å². The molecule has 0 aromatic carbocycles. The van der Waals surface area contributed by atoms with Crippen LogP contribution < -0.4 is 0 Å². The Morgan fingerprint density at radius 2 is 1.62 bits per heavy atom. The third-order valence-electron chi connectivity index (χ3n) is 2.61. The van der Waals surface area contributed by atoms with Gasteiger partial charge in [-0.15, -0.1) is 0 Å². The lowest BCUT2D eigenvalue weighted by Crippen LogP contribution is -2.38. The lowest BCUT2D eigenvalue weighted by Gasteiger charge is -2.30. The molecule has 0 spiro atoms. The number of rotatable bonds is 1. The molecule has 0 aromatic heterocycles. The minimum absolute atomic E-state index is 0.00856. The molecular formula is C13H21NO2. The first-order chi connectivity index (χ1) is 7.11. The Hall–Kier alpha value is -0.990. The van der Waals surface area contributed by atoms with E-state index >= 15 is 0 Å². The average molecular weight is 223 g/mol. The highest BCUT2D eigenvalue weighted by Crippen LogP contribution is 2.33. The van der Waals surface area contributed by atoms with Gasteiger partial charge in [0.1, 0.15) is 17.5 Å². The molecule has 0 aliphatic heterocycles. The molecule has 1 aliphatic rings. The fraction of sp³-hybridized carbons (Fsp3) is 0.769. The van der Waals surface area contributed by atoms with Gasteiger partial charge < -0.3 is 0 Å². The van der Waals surface area contributed by atoms with Crippen molar-refractivity contribution >= 4 is 17.8 Å². The maximum absolute atomic E-state index is 11.8. The van der Waals surface area contributed by atoms with Gasteiger partial charge in [0.05, 0.1) is 5.54 Å². The normalized spacial score (nSPS) is 23.1. The molecule has 3 nitrogen and oxygen atoms in total. The van der Waals surface area contributed by atoms with Gasteiger partial charge in [0.2, 0.25) is 0 Å². The Balaban J connectivity index is 2.80. The molecule has 3 heteroatoms. The second-order valence-electron chi connectivity index (χ2n) is 6.38. The molecule has 0 N–H and O–H groups in total. The molecule has 0 unspecified atom stereocenters. The number of carbonyl (C=O) groups is 2. The zero-order chi connectivity index (χ0) is 12.6. The van der Waals surface area contributed by atoms with Crippen LogP contribution in [0.25, 0.3) is 0 Å². The van der Waals surface area contributed by atoms with Gasteiger partial charge in [-0.2, -0.15) is 0 Å². The maximum Gasteiger partial charge on any atom is 0.149 e. The van der Waals surface area contributed by atoms with Crippen molar-refractivity contribution in [2.75, 3.05) is 0 Å². The highest BCUT2D eigenvalue weighted by molar-refractivity contribution is 6.16. The van der Waals surface area contributed by atoms with Gasteiger partial charge >= 0.3 is 0 Å². The number of carbonyl (C=O) groups excluding carboxylic acids is 2. The van der Waals surface area contributed by atoms with E-state index in [1.807, 2.05) is 34.6 Å². The van der Waals surface area contributed by atoms with E-state index in [9.17, 15) is 9.59 Å². The van der Waals surface area contributed by atoms with Crippen molar-refractivity contribution in [2.24, 2.45) is 16.3 Å². The molecular weight excluding hydrogens is 202 g/mol. The van der Waals surface area contributed by atoms with Crippen LogP contribution in [0, 0.1) is 11.3 Å². The fourth-order valence-electron chi connectivity index (χ4n) is 1.87. The van der Waals surface area contributed by atoms with Gasteiger partial charge in [-0.1, -0.05) is 13.8 Å². The van der Waals surface area contributed by atoms with E-state index in [1.165, 1.54) is 0 Å². The summed E-state index contributed by atoms with van der Waals surface area (Å²) in [4.78, 5) is 27.9. The number of hydrogen-bond donors (Lipinski definition) is 0. The van der Waals surface area contributed by atoms with Crippen molar-refractivity contribution in [1.82, 2.24) is 0 Å². The van der Waals surface area contributed by atoms with E-state index in [0.29, 0.717) is 12.8 Å². The van der Waals surface area contributed by atoms with Crippen molar-refractivity contribution in [3.05, 3.63) is 0 Å². The third kappa shape index (κ3) is 3.54. The maximum atomic E-state index is 11.8. The van der Waals surface area contributed by atoms with Crippen molar-refractivity contribution < 1.29 is 9.59 Å². The standard InChI is InChI=1S/C13H21NO2/c1-12(2,3)14-8-9-10(15)6-13(4,5)7-11(9)16/h8-9H,6-7H2,1-5H3. The minimum atomic E-state index is -0.604. The summed E-state index contributed by atoms with van der Waals surface area (Å²) in [5.74, 6) is -0.587. The van der Waals surface area contributed by atoms with Gasteiger partial charge in [-0.3, -0.25) is 14.6 Å². The molecule has 0 amide bonds. The zero-order valence-electron chi connectivity index (χ0n) is 10.8. The van der Waals surface area contributed by atoms with Gasteiger partial charge in [0.25, 0.3) is 0 Å². The topological polar surface area (TPSA) is 46.5 Å². The van der Waals surface area contributed by atoms with Crippen molar-refractivity contribution in [3.63, 3.8) is 0 Å². The largest absolute Gasteiger partial charge is 0.298 e. The first kappa shape index (κ1) is 13.1. The highest BCUT2D eigenvalue weighted by Gasteiger charge is 2.38. The van der Waals surface area contributed by atoms with Crippen LogP contribution >= 0.6 is 0 Å². The third-order valence-corrected chi connectivity index (χ3v) is 2.61. The summed E-state index contributed by atoms with van der Waals surface area (Å²) in [5, 5.41) is 0. The molecule has 1 rings (SSSR count). The Morgan fingerprint density at radius 3 is 2.00 bits per heavy atom. The average Bonchev–Trinajstić information content (AvgIpc) is 1.96. The number of hydrogen-bond acceptors (Lipinski definition) is 3. The molecule has 90 valence electrons. The molecule has 1 saturated carbocycles. The van der Waals surface area contributed by atoms with E-state index in [0.717, 1.165) is 0 Å². The summed E-state index contributed by atoms with van der Waals surface area (Å²) >= 11 is 0. The molecule has 0 aromatic rings. The van der Waals surface area contributed by atoms with Gasteiger partial charge in [0.15, 0.2) is 0 Å². The monoisotopic (exact) mass is 223 g/mol. The van der Waals surface area contributed by atoms with Crippen LogP contribution in [0.1, 0.15) is 47.5 Å². The number of nitrogens with zero attached hydrogens (tertiary/aromatic N) is 1. The van der Waals surface area contributed by atoms with Gasteiger partial charge in [-0.25, -0.2) is 0 Å². The van der Waals surface area contributed by atoms with Crippen molar-refractivity contribution in [2.45, 2.75) is 53.0 Å². The van der Waals surface area contributed by atoms with Gasteiger partial charge in [0, 0.05) is 19.1 Å². The first-order valence-corrected chi connectivity index (χ1v) is 5.71. The fourth-order valence-corrected chi connectivity index (χ4v) is 1.87. The lowest BCUT2D eigenvalue weighted by atomic mass is 9.72. The van der Waals surface area contributed by atoms with E-state index in [1.54, 1.807) is 6.21 Å². The number of aliphatic imine (C=N–C) groups is 1. The lowest BCUT2D eigenvalue weighted by molar-refractivity contribution is -0.136. The minimum Gasteiger partial charge on any atom is -0.298 e. The van der Waals surface area contributed by atoms with Crippen LogP contribution in [0.5, 0.6) is 0 Å². The number of Topliss-reactive ketones (excluding diaryl/α,β-unsaturated/α-hetero) is 2. The predicted molar refractivity (Wildman–Crippen MR) is 64.8 cm³/mol. The second kappa shape index (κ2) is 4.11. The molecule has 0 heterocycles. The van der Waals surface area contributed by atoms with Crippen LogP contribution in [0.15, 0.2) is 4.99 Å². The summed E-state index contributed by atoms with van der Waals surface area (Å²) < 4.78 is 0. The first-order valence-electron chi connectivity index (χ1n) is 5.71. The second-order valence-corrected chi connectivity index (χ2v) is 6.38. The molecule has 16 heavy (non-hydrogen) atoms. The molecule has 1 aliphatic carbocycles. The van der Waals surface area contributed by atoms with E-state index in [4.69, 9.17) is 0 Å². The Morgan fingerprint density at radius 1 is 1.19 bits per heavy atom. The van der Waals surface area contributed by atoms with Crippen LogP contribution in [0.3, 0.4) is 0 Å². The van der Waals surface area contributed by atoms with E-state index in [2.05, 4.69) is 4.99 Å². The smallest absolute Gasteiger partial charge is 0.149 e. The number of ketones is 2. The zero-order valence-corrected chi connectivity index (χ0v) is 10.8. The molecule has 0 atom stereocenters. The van der Waals surface area contributed by atoms with Crippen LogP contribution in [-0.2, 0) is 9.59 Å². The Labute approximate surface area is 97.3 Å². The summed E-state index contributed by atoms with van der Waals surface area (Å²) in [6, 6.07) is 0. The van der Waals surface area contributed by atoms with E-state index < -0.39 is 5.92 Å². The van der Waals surface area contributed by atoms with Crippen LogP contribution in [-0.4, -0.2) is 23.3 Å². The predicted octanol–water partition coefficient (Wildman–Crippen LogP) is 2.43. The molecule has 0 saturated heterocycles. The molecule has 0 bridgehead atoms. The van der Waals surface area contributed by atoms with E-state index in [-0.39, 0.29) is 22.5 Å².